The first-order valence-corrected chi connectivity index (χ1v) is 11.7. The fraction of sp³-hybridized carbons (Fsp3) is 0.640. The van der Waals surface area contributed by atoms with E-state index >= 15 is 0 Å². The van der Waals surface area contributed by atoms with Gasteiger partial charge in [0.05, 0.1) is 41.4 Å². The summed E-state index contributed by atoms with van der Waals surface area (Å²) in [7, 11) is 6.62. The molecule has 0 saturated carbocycles. The summed E-state index contributed by atoms with van der Waals surface area (Å²) in [5.74, 6) is -0.434. The third kappa shape index (κ3) is 5.87. The molecule has 0 N–H and O–H groups in total. The molecule has 0 spiro atoms. The van der Waals surface area contributed by atoms with Gasteiger partial charge in [-0.25, -0.2) is 0 Å². The van der Waals surface area contributed by atoms with Gasteiger partial charge in [-0.3, -0.25) is 9.59 Å². The summed E-state index contributed by atoms with van der Waals surface area (Å²) in [6.45, 7) is 2.80. The van der Waals surface area contributed by atoms with E-state index in [1.165, 1.54) is 18.1 Å². The van der Waals surface area contributed by atoms with Gasteiger partial charge in [0.15, 0.2) is 0 Å². The van der Waals surface area contributed by atoms with Crippen molar-refractivity contribution in [3.63, 3.8) is 0 Å². The summed E-state index contributed by atoms with van der Waals surface area (Å²) in [4.78, 5) is 29.7. The second-order valence-corrected chi connectivity index (χ2v) is 9.08. The maximum atomic E-state index is 13.4. The molecule has 1 fully saturated rings. The van der Waals surface area contributed by atoms with Crippen molar-refractivity contribution in [1.29, 1.82) is 5.26 Å². The molecule has 5 atom stereocenters. The van der Waals surface area contributed by atoms with Gasteiger partial charge >= 0.3 is 0 Å². The minimum absolute atomic E-state index is 0.0233. The number of likely N-dealkylation sites (N-methyl/N-ethyl adjacent to an activating group) is 1. The van der Waals surface area contributed by atoms with E-state index in [4.69, 9.17) is 18.9 Å². The quantitative estimate of drug-likeness (QED) is 0.648. The van der Waals surface area contributed by atoms with E-state index < -0.39 is 12.0 Å². The zero-order valence-electron chi connectivity index (χ0n) is 20.7. The van der Waals surface area contributed by atoms with Crippen LogP contribution in [0.5, 0.6) is 5.75 Å². The van der Waals surface area contributed by atoms with Crippen LogP contribution in [0.25, 0.3) is 0 Å². The third-order valence-electron chi connectivity index (χ3n) is 6.81. The van der Waals surface area contributed by atoms with Crippen molar-refractivity contribution in [3.8, 4) is 11.8 Å². The molecule has 9 nitrogen and oxygen atoms in total. The van der Waals surface area contributed by atoms with Crippen molar-refractivity contribution in [2.75, 3.05) is 48.0 Å². The SMILES string of the molecule is CO[C@H]1CC[C@H]2CCN(C)C(=O)[C@H](C)[C@@H](OC)CN(C)C(=O)c3cc(C#N)ccc3OC[C@H]1O2. The lowest BCUT2D eigenvalue weighted by Gasteiger charge is -2.37. The molecule has 9 heteroatoms. The molecule has 2 amide bonds. The van der Waals surface area contributed by atoms with Crippen LogP contribution in [0.15, 0.2) is 18.2 Å². The maximum absolute atomic E-state index is 13.4. The molecule has 2 heterocycles. The fourth-order valence-electron chi connectivity index (χ4n) is 4.58. The highest BCUT2D eigenvalue weighted by molar-refractivity contribution is 5.97. The van der Waals surface area contributed by atoms with Gasteiger partial charge in [-0.2, -0.15) is 5.26 Å². The Hall–Kier alpha value is -2.67. The minimum Gasteiger partial charge on any atom is -0.490 e. The molecule has 0 radical (unpaired) electrons. The number of methoxy groups -OCH3 is 2. The highest BCUT2D eigenvalue weighted by Crippen LogP contribution is 2.28. The van der Waals surface area contributed by atoms with Gasteiger partial charge in [-0.15, -0.1) is 0 Å². The Balaban J connectivity index is 1.96. The first-order chi connectivity index (χ1) is 16.3. The number of benzene rings is 1. The van der Waals surface area contributed by atoms with E-state index in [1.807, 2.05) is 6.92 Å². The molecule has 1 aromatic rings. The van der Waals surface area contributed by atoms with Crippen LogP contribution in [0.3, 0.4) is 0 Å². The third-order valence-corrected chi connectivity index (χ3v) is 6.81. The molecule has 1 saturated heterocycles. The molecule has 2 bridgehead atoms. The Morgan fingerprint density at radius 1 is 1.06 bits per heavy atom. The van der Waals surface area contributed by atoms with Crippen LogP contribution in [0, 0.1) is 17.2 Å². The molecular formula is C25H35N3O6. The normalized spacial score (nSPS) is 29.2. The van der Waals surface area contributed by atoms with E-state index in [0.717, 1.165) is 12.8 Å². The zero-order valence-corrected chi connectivity index (χ0v) is 20.7. The Morgan fingerprint density at radius 3 is 2.47 bits per heavy atom. The van der Waals surface area contributed by atoms with E-state index in [-0.39, 0.29) is 48.8 Å². The number of carbonyl (C=O) groups excluding carboxylic acids is 2. The zero-order chi connectivity index (χ0) is 24.8. The van der Waals surface area contributed by atoms with Crippen LogP contribution in [0.1, 0.15) is 42.1 Å². The molecule has 1 aromatic carbocycles. The molecule has 3 rings (SSSR count). The van der Waals surface area contributed by atoms with Gasteiger partial charge in [0.25, 0.3) is 5.91 Å². The number of rotatable bonds is 2. The summed E-state index contributed by atoms with van der Waals surface area (Å²) in [5, 5.41) is 9.36. The van der Waals surface area contributed by atoms with Crippen LogP contribution in [0.2, 0.25) is 0 Å². The first kappa shape index (κ1) is 25.9. The Morgan fingerprint density at radius 2 is 1.79 bits per heavy atom. The standard InChI is InChI=1S/C25H35N3O6/c1-16-22(32-5)14-28(3)25(30)19-12-17(13-26)6-8-20(19)33-15-23-21(31-4)9-7-18(34-23)10-11-27(2)24(16)29/h6,8,12,16,18,21-23H,7,9-11,14-15H2,1-5H3/t16-,18+,21+,22+,23-/m1/s1. The number of fused-ring (bicyclic) bond motifs is 3. The van der Waals surface area contributed by atoms with Crippen molar-refractivity contribution < 1.29 is 28.5 Å². The number of nitrogens with zero attached hydrogens (tertiary/aromatic N) is 3. The number of carbonyl (C=O) groups is 2. The molecule has 34 heavy (non-hydrogen) atoms. The largest absolute Gasteiger partial charge is 0.490 e. The fourth-order valence-corrected chi connectivity index (χ4v) is 4.58. The average Bonchev–Trinajstić information content (AvgIpc) is 2.86. The summed E-state index contributed by atoms with van der Waals surface area (Å²) < 4.78 is 23.6. The lowest BCUT2D eigenvalue weighted by Crippen LogP contribution is -2.47. The van der Waals surface area contributed by atoms with Gasteiger partial charge in [0.1, 0.15) is 18.5 Å². The second kappa shape index (κ2) is 11.6. The lowest BCUT2D eigenvalue weighted by molar-refractivity contribution is -0.147. The van der Waals surface area contributed by atoms with Crippen LogP contribution >= 0.6 is 0 Å². The van der Waals surface area contributed by atoms with Crippen LogP contribution in [-0.4, -0.2) is 94.0 Å². The summed E-state index contributed by atoms with van der Waals surface area (Å²) in [6.07, 6.45) is 1.40. The summed E-state index contributed by atoms with van der Waals surface area (Å²) in [5.41, 5.74) is 0.636. The van der Waals surface area contributed by atoms with Crippen molar-refractivity contribution in [3.05, 3.63) is 29.3 Å². The van der Waals surface area contributed by atoms with Crippen molar-refractivity contribution >= 4 is 11.8 Å². The highest BCUT2D eigenvalue weighted by Gasteiger charge is 2.34. The van der Waals surface area contributed by atoms with Crippen molar-refractivity contribution in [2.45, 2.75) is 50.6 Å². The van der Waals surface area contributed by atoms with Crippen LogP contribution in [-0.2, 0) is 19.0 Å². The molecule has 186 valence electrons. The van der Waals surface area contributed by atoms with Gasteiger partial charge in [-0.05, 0) is 37.5 Å². The molecule has 0 aliphatic carbocycles. The van der Waals surface area contributed by atoms with Gasteiger partial charge < -0.3 is 28.7 Å². The second-order valence-electron chi connectivity index (χ2n) is 9.08. The number of hydrogen-bond acceptors (Lipinski definition) is 7. The Kier molecular flexibility index (Phi) is 8.89. The predicted octanol–water partition coefficient (Wildman–Crippen LogP) is 2.08. The minimum atomic E-state index is -0.488. The summed E-state index contributed by atoms with van der Waals surface area (Å²) >= 11 is 0. The number of nitriles is 1. The van der Waals surface area contributed by atoms with Gasteiger partial charge in [0.2, 0.25) is 5.91 Å². The first-order valence-electron chi connectivity index (χ1n) is 11.7. The molecule has 2 aliphatic heterocycles. The molecular weight excluding hydrogens is 438 g/mol. The number of ether oxygens (including phenoxy) is 4. The predicted molar refractivity (Wildman–Crippen MR) is 125 cm³/mol. The van der Waals surface area contributed by atoms with Gasteiger partial charge in [-0.1, -0.05) is 6.92 Å². The monoisotopic (exact) mass is 473 g/mol. The van der Waals surface area contributed by atoms with E-state index in [0.29, 0.717) is 24.3 Å². The highest BCUT2D eigenvalue weighted by atomic mass is 16.6. The van der Waals surface area contributed by atoms with E-state index in [9.17, 15) is 14.9 Å². The summed E-state index contributed by atoms with van der Waals surface area (Å²) in [6, 6.07) is 6.86. The number of hydrogen-bond donors (Lipinski definition) is 0. The lowest BCUT2D eigenvalue weighted by atomic mass is 9.98. The van der Waals surface area contributed by atoms with E-state index in [2.05, 4.69) is 6.07 Å². The maximum Gasteiger partial charge on any atom is 0.257 e. The van der Waals surface area contributed by atoms with E-state index in [1.54, 1.807) is 38.2 Å². The molecule has 0 aromatic heterocycles. The molecule has 0 unspecified atom stereocenters. The Labute approximate surface area is 201 Å². The molecule has 2 aliphatic rings. The van der Waals surface area contributed by atoms with Crippen LogP contribution < -0.4 is 4.74 Å². The van der Waals surface area contributed by atoms with Crippen molar-refractivity contribution in [2.24, 2.45) is 5.92 Å². The smallest absolute Gasteiger partial charge is 0.257 e. The number of amides is 2. The average molecular weight is 474 g/mol. The van der Waals surface area contributed by atoms with Crippen molar-refractivity contribution in [1.82, 2.24) is 9.80 Å². The Bertz CT molecular complexity index is 916. The van der Waals surface area contributed by atoms with Gasteiger partial charge in [0, 0.05) is 41.4 Å². The van der Waals surface area contributed by atoms with Crippen LogP contribution in [0.4, 0.5) is 0 Å². The topological polar surface area (TPSA) is 101 Å².